The molecule has 5 heteroatoms. The summed E-state index contributed by atoms with van der Waals surface area (Å²) in [6.45, 7) is 6.94. The number of thiocarbonyl (C=S) groups is 1. The van der Waals surface area contributed by atoms with Gasteiger partial charge in [-0.15, -0.1) is 0 Å². The highest BCUT2D eigenvalue weighted by Crippen LogP contribution is 2.13. The maximum atomic E-state index is 5.38. The van der Waals surface area contributed by atoms with E-state index in [1.54, 1.807) is 7.11 Å². The first-order valence-electron chi connectivity index (χ1n) is 6.81. The van der Waals surface area contributed by atoms with Crippen molar-refractivity contribution in [3.63, 3.8) is 0 Å². The number of nitrogens with one attached hydrogen (secondary N) is 2. The maximum Gasteiger partial charge on any atom is 0.170 e. The first kappa shape index (κ1) is 16.9. The van der Waals surface area contributed by atoms with Crippen LogP contribution in [0.15, 0.2) is 18.2 Å². The minimum absolute atomic E-state index is 0.639. The molecule has 20 heavy (non-hydrogen) atoms. The van der Waals surface area contributed by atoms with Crippen LogP contribution >= 0.6 is 12.2 Å². The van der Waals surface area contributed by atoms with Crippen LogP contribution in [0.25, 0.3) is 0 Å². The third kappa shape index (κ3) is 7.43. The van der Waals surface area contributed by atoms with Gasteiger partial charge in [-0.1, -0.05) is 6.07 Å². The van der Waals surface area contributed by atoms with Crippen molar-refractivity contribution in [3.05, 3.63) is 29.3 Å². The van der Waals surface area contributed by atoms with E-state index < -0.39 is 0 Å². The Hall–Kier alpha value is -1.17. The van der Waals surface area contributed by atoms with Gasteiger partial charge in [0.2, 0.25) is 0 Å². The Kier molecular flexibility index (Phi) is 8.18. The Morgan fingerprint density at radius 2 is 1.80 bits per heavy atom. The summed E-state index contributed by atoms with van der Waals surface area (Å²) in [6.07, 6.45) is 0.915. The zero-order valence-electron chi connectivity index (χ0n) is 12.5. The standard InChI is InChI=1S/C15H24N2O2S/c1-12-9-13(2)11-14(10-12)17-15(20)16-5-4-6-19-8-7-18-3/h9-11H,4-8H2,1-3H3,(H2,16,17,20). The van der Waals surface area contributed by atoms with Crippen LogP contribution in [0.4, 0.5) is 5.69 Å². The summed E-state index contributed by atoms with van der Waals surface area (Å²) in [5.41, 5.74) is 3.47. The molecule has 0 radical (unpaired) electrons. The van der Waals surface area contributed by atoms with Crippen LogP contribution in [-0.4, -0.2) is 38.6 Å². The summed E-state index contributed by atoms with van der Waals surface area (Å²) in [4.78, 5) is 0. The molecule has 0 fully saturated rings. The molecular weight excluding hydrogens is 272 g/mol. The van der Waals surface area contributed by atoms with Gasteiger partial charge >= 0.3 is 0 Å². The molecule has 0 spiro atoms. The van der Waals surface area contributed by atoms with Gasteiger partial charge in [0.15, 0.2) is 5.11 Å². The van der Waals surface area contributed by atoms with Crippen LogP contribution in [0.2, 0.25) is 0 Å². The van der Waals surface area contributed by atoms with E-state index in [1.807, 2.05) is 0 Å². The van der Waals surface area contributed by atoms with E-state index in [0.29, 0.717) is 24.9 Å². The van der Waals surface area contributed by atoms with Crippen molar-refractivity contribution in [2.75, 3.05) is 38.8 Å². The van der Waals surface area contributed by atoms with Crippen molar-refractivity contribution in [1.82, 2.24) is 5.32 Å². The molecule has 2 N–H and O–H groups in total. The quantitative estimate of drug-likeness (QED) is 0.570. The van der Waals surface area contributed by atoms with E-state index in [4.69, 9.17) is 21.7 Å². The zero-order chi connectivity index (χ0) is 14.8. The van der Waals surface area contributed by atoms with Crippen molar-refractivity contribution in [3.8, 4) is 0 Å². The Bertz CT molecular complexity index is 404. The first-order valence-corrected chi connectivity index (χ1v) is 7.22. The lowest BCUT2D eigenvalue weighted by Crippen LogP contribution is -2.29. The maximum absolute atomic E-state index is 5.38. The van der Waals surface area contributed by atoms with Gasteiger partial charge in [-0.2, -0.15) is 0 Å². The highest BCUT2D eigenvalue weighted by Gasteiger charge is 1.99. The van der Waals surface area contributed by atoms with Crippen molar-refractivity contribution >= 4 is 23.0 Å². The van der Waals surface area contributed by atoms with Crippen LogP contribution < -0.4 is 10.6 Å². The lowest BCUT2D eigenvalue weighted by molar-refractivity contribution is 0.0699. The van der Waals surface area contributed by atoms with Crippen LogP contribution in [0.3, 0.4) is 0 Å². The van der Waals surface area contributed by atoms with E-state index in [0.717, 1.165) is 18.7 Å². The Morgan fingerprint density at radius 3 is 2.45 bits per heavy atom. The number of hydrogen-bond acceptors (Lipinski definition) is 3. The number of anilines is 1. The molecule has 0 amide bonds. The highest BCUT2D eigenvalue weighted by molar-refractivity contribution is 7.80. The molecule has 1 aromatic carbocycles. The molecule has 0 aliphatic carbocycles. The van der Waals surface area contributed by atoms with E-state index in [-0.39, 0.29) is 0 Å². The number of aryl methyl sites for hydroxylation is 2. The van der Waals surface area contributed by atoms with Gasteiger partial charge in [-0.3, -0.25) is 0 Å². The molecule has 0 saturated heterocycles. The second kappa shape index (κ2) is 9.69. The predicted octanol–water partition coefficient (Wildman–Crippen LogP) is 2.64. The van der Waals surface area contributed by atoms with Crippen LogP contribution in [-0.2, 0) is 9.47 Å². The van der Waals surface area contributed by atoms with E-state index >= 15 is 0 Å². The molecule has 112 valence electrons. The molecule has 1 aromatic rings. The van der Waals surface area contributed by atoms with Crippen molar-refractivity contribution in [1.29, 1.82) is 0 Å². The van der Waals surface area contributed by atoms with Crippen LogP contribution in [0, 0.1) is 13.8 Å². The molecule has 0 aliphatic heterocycles. The molecule has 0 bridgehead atoms. The van der Waals surface area contributed by atoms with Gasteiger partial charge in [0.05, 0.1) is 13.2 Å². The fraction of sp³-hybridized carbons (Fsp3) is 0.533. The van der Waals surface area contributed by atoms with Crippen LogP contribution in [0.1, 0.15) is 17.5 Å². The fourth-order valence-electron chi connectivity index (χ4n) is 1.84. The zero-order valence-corrected chi connectivity index (χ0v) is 13.3. The number of rotatable bonds is 8. The van der Waals surface area contributed by atoms with Crippen molar-refractivity contribution in [2.24, 2.45) is 0 Å². The van der Waals surface area contributed by atoms with Gasteiger partial charge in [-0.05, 0) is 55.7 Å². The summed E-state index contributed by atoms with van der Waals surface area (Å²) >= 11 is 5.26. The van der Waals surface area contributed by atoms with E-state index in [1.165, 1.54) is 11.1 Å². The lowest BCUT2D eigenvalue weighted by Gasteiger charge is -2.12. The molecule has 0 saturated carbocycles. The Morgan fingerprint density at radius 1 is 1.10 bits per heavy atom. The SMILES string of the molecule is COCCOCCCNC(=S)Nc1cc(C)cc(C)c1. The number of ether oxygens (including phenoxy) is 2. The Labute approximate surface area is 126 Å². The number of benzene rings is 1. The summed E-state index contributed by atoms with van der Waals surface area (Å²) in [7, 11) is 1.67. The number of methoxy groups -OCH3 is 1. The minimum Gasteiger partial charge on any atom is -0.382 e. The largest absolute Gasteiger partial charge is 0.382 e. The monoisotopic (exact) mass is 296 g/mol. The molecule has 0 heterocycles. The molecule has 0 unspecified atom stereocenters. The molecule has 0 aliphatic rings. The smallest absolute Gasteiger partial charge is 0.170 e. The minimum atomic E-state index is 0.639. The van der Waals surface area contributed by atoms with Gasteiger partial charge in [0.1, 0.15) is 0 Å². The average Bonchev–Trinajstić information content (AvgIpc) is 2.36. The van der Waals surface area contributed by atoms with Crippen molar-refractivity contribution in [2.45, 2.75) is 20.3 Å². The molecular formula is C15H24N2O2S. The second-order valence-corrected chi connectivity index (χ2v) is 5.12. The number of hydrogen-bond donors (Lipinski definition) is 2. The summed E-state index contributed by atoms with van der Waals surface area (Å²) in [6, 6.07) is 6.29. The molecule has 1 rings (SSSR count). The summed E-state index contributed by atoms with van der Waals surface area (Å²) in [5, 5.41) is 7.01. The summed E-state index contributed by atoms with van der Waals surface area (Å²) < 4.78 is 10.3. The fourth-order valence-corrected chi connectivity index (χ4v) is 2.06. The summed E-state index contributed by atoms with van der Waals surface area (Å²) in [5.74, 6) is 0. The van der Waals surface area contributed by atoms with E-state index in [2.05, 4.69) is 42.7 Å². The first-order chi connectivity index (χ1) is 9.61. The highest BCUT2D eigenvalue weighted by atomic mass is 32.1. The Balaban J connectivity index is 2.17. The predicted molar refractivity (Wildman–Crippen MR) is 87.5 cm³/mol. The van der Waals surface area contributed by atoms with E-state index in [9.17, 15) is 0 Å². The van der Waals surface area contributed by atoms with Gasteiger partial charge in [0.25, 0.3) is 0 Å². The molecule has 0 atom stereocenters. The van der Waals surface area contributed by atoms with Crippen LogP contribution in [0.5, 0.6) is 0 Å². The topological polar surface area (TPSA) is 42.5 Å². The van der Waals surface area contributed by atoms with Gasteiger partial charge in [-0.25, -0.2) is 0 Å². The average molecular weight is 296 g/mol. The van der Waals surface area contributed by atoms with Crippen molar-refractivity contribution < 1.29 is 9.47 Å². The second-order valence-electron chi connectivity index (χ2n) is 4.72. The molecule has 0 aromatic heterocycles. The third-order valence-electron chi connectivity index (χ3n) is 2.66. The van der Waals surface area contributed by atoms with Gasteiger partial charge < -0.3 is 20.1 Å². The third-order valence-corrected chi connectivity index (χ3v) is 2.91. The molecule has 4 nitrogen and oxygen atoms in total. The van der Waals surface area contributed by atoms with Gasteiger partial charge in [0, 0.05) is 25.9 Å². The normalized spacial score (nSPS) is 10.3. The lowest BCUT2D eigenvalue weighted by atomic mass is 10.1.